The van der Waals surface area contributed by atoms with Gasteiger partial charge in [-0.05, 0) is 79.4 Å². The van der Waals surface area contributed by atoms with Gasteiger partial charge in [0.2, 0.25) is 0 Å². The number of benzene rings is 3. The van der Waals surface area contributed by atoms with Gasteiger partial charge < -0.3 is 24.3 Å². The third-order valence-electron chi connectivity index (χ3n) is 7.87. The number of methoxy groups -OCH3 is 1. The van der Waals surface area contributed by atoms with Gasteiger partial charge in [0, 0.05) is 17.6 Å². The van der Waals surface area contributed by atoms with Crippen molar-refractivity contribution in [2.24, 2.45) is 0 Å². The van der Waals surface area contributed by atoms with Crippen LogP contribution in [-0.4, -0.2) is 38.6 Å². The first-order chi connectivity index (χ1) is 19.2. The van der Waals surface area contributed by atoms with E-state index in [0.717, 1.165) is 28.7 Å². The van der Waals surface area contributed by atoms with Gasteiger partial charge in [0.05, 0.1) is 25.4 Å². The van der Waals surface area contributed by atoms with Crippen LogP contribution in [0.1, 0.15) is 73.3 Å². The summed E-state index contributed by atoms with van der Waals surface area (Å²) in [7, 11) is -0.735. The molecule has 0 aliphatic heterocycles. The minimum atomic E-state index is -2.13. The number of aliphatic hydroxyl groups excluding tert-OH is 1. The lowest BCUT2D eigenvalue weighted by molar-refractivity contribution is 0.0600. The van der Waals surface area contributed by atoms with Crippen LogP contribution in [0, 0.1) is 0 Å². The molecule has 6 nitrogen and oxygen atoms in total. The van der Waals surface area contributed by atoms with Crippen LogP contribution in [0.2, 0.25) is 18.1 Å². The van der Waals surface area contributed by atoms with Gasteiger partial charge in [-0.15, -0.1) is 0 Å². The summed E-state index contributed by atoms with van der Waals surface area (Å²) in [5.41, 5.74) is 4.13. The molecular weight excluding hydrogens is 530 g/mol. The molecule has 2 N–H and O–H groups in total. The lowest BCUT2D eigenvalue weighted by Gasteiger charge is -2.40. The van der Waals surface area contributed by atoms with Gasteiger partial charge in [-0.3, -0.25) is 0 Å². The van der Waals surface area contributed by atoms with Crippen molar-refractivity contribution >= 4 is 14.3 Å². The minimum Gasteiger partial charge on any atom is -0.489 e. The van der Waals surface area contributed by atoms with Crippen LogP contribution in [0.15, 0.2) is 72.8 Å². The Balaban J connectivity index is 1.82. The van der Waals surface area contributed by atoms with Gasteiger partial charge in [-0.1, -0.05) is 69.3 Å². The Morgan fingerprint density at radius 1 is 0.927 bits per heavy atom. The van der Waals surface area contributed by atoms with Crippen molar-refractivity contribution in [3.63, 3.8) is 0 Å². The molecule has 0 amide bonds. The zero-order valence-corrected chi connectivity index (χ0v) is 26.9. The highest BCUT2D eigenvalue weighted by Gasteiger charge is 2.40. The maximum atomic E-state index is 12.0. The summed E-state index contributed by atoms with van der Waals surface area (Å²) in [6, 6.07) is 23.6. The van der Waals surface area contributed by atoms with Crippen LogP contribution in [0.5, 0.6) is 5.75 Å². The average molecular weight is 578 g/mol. The van der Waals surface area contributed by atoms with E-state index in [1.807, 2.05) is 66.7 Å². The summed E-state index contributed by atoms with van der Waals surface area (Å²) in [6.07, 6.45) is 0.503. The maximum Gasteiger partial charge on any atom is 0.337 e. The van der Waals surface area contributed by atoms with E-state index < -0.39 is 8.32 Å². The summed E-state index contributed by atoms with van der Waals surface area (Å²) in [5.74, 6) is 0.335. The number of ether oxygens (including phenoxy) is 2. The molecule has 7 heteroatoms. The van der Waals surface area contributed by atoms with Gasteiger partial charge >= 0.3 is 5.97 Å². The average Bonchev–Trinajstić information content (AvgIpc) is 2.93. The van der Waals surface area contributed by atoms with E-state index in [4.69, 9.17) is 13.9 Å². The third kappa shape index (κ3) is 9.26. The van der Waals surface area contributed by atoms with Gasteiger partial charge in [0.25, 0.3) is 0 Å². The quantitative estimate of drug-likeness (QED) is 0.165. The van der Waals surface area contributed by atoms with Gasteiger partial charge in [0.1, 0.15) is 12.4 Å². The second-order valence-corrected chi connectivity index (χ2v) is 17.6. The number of aliphatic hydroxyl groups is 1. The van der Waals surface area contributed by atoms with Gasteiger partial charge in [-0.25, -0.2) is 4.79 Å². The first-order valence-corrected chi connectivity index (χ1v) is 17.2. The van der Waals surface area contributed by atoms with Crippen LogP contribution >= 0.6 is 0 Å². The maximum absolute atomic E-state index is 12.0. The van der Waals surface area contributed by atoms with Crippen molar-refractivity contribution in [1.29, 1.82) is 0 Å². The second-order valence-electron chi connectivity index (χ2n) is 12.8. The molecule has 1 atom stereocenters. The predicted molar refractivity (Wildman–Crippen MR) is 168 cm³/mol. The molecule has 0 saturated heterocycles. The fourth-order valence-corrected chi connectivity index (χ4v) is 5.71. The first-order valence-electron chi connectivity index (χ1n) is 14.3. The van der Waals surface area contributed by atoms with Crippen LogP contribution in [0.3, 0.4) is 0 Å². The highest BCUT2D eigenvalue weighted by molar-refractivity contribution is 6.74. The van der Waals surface area contributed by atoms with E-state index in [2.05, 4.69) is 53.0 Å². The summed E-state index contributed by atoms with van der Waals surface area (Å²) >= 11 is 0. The fraction of sp³-hybridized carbons (Fsp3) is 0.441. The minimum absolute atomic E-state index is 0.0354. The molecule has 0 aliphatic carbocycles. The number of carbonyl (C=O) groups excluding carboxylic acids is 1. The van der Waals surface area contributed by atoms with Crippen LogP contribution in [-0.2, 0) is 28.8 Å². The molecule has 0 aliphatic rings. The Labute approximate surface area is 247 Å². The van der Waals surface area contributed by atoms with E-state index in [1.54, 1.807) is 6.07 Å². The summed E-state index contributed by atoms with van der Waals surface area (Å²) < 4.78 is 17.9. The highest BCUT2D eigenvalue weighted by Crippen LogP contribution is 2.40. The van der Waals surface area contributed by atoms with E-state index in [1.165, 1.54) is 7.11 Å². The molecule has 0 unspecified atom stereocenters. The Morgan fingerprint density at radius 2 is 1.61 bits per heavy atom. The van der Waals surface area contributed by atoms with E-state index >= 15 is 0 Å². The Hall–Kier alpha value is -2.97. The monoisotopic (exact) mass is 577 g/mol. The van der Waals surface area contributed by atoms with Gasteiger partial charge in [0.15, 0.2) is 8.32 Å². The molecular formula is C34H47NO5Si. The molecule has 0 radical (unpaired) electrons. The third-order valence-corrected chi connectivity index (χ3v) is 12.4. The first kappa shape index (κ1) is 32.5. The molecule has 0 fully saturated rings. The summed E-state index contributed by atoms with van der Waals surface area (Å²) in [4.78, 5) is 12.0. The van der Waals surface area contributed by atoms with E-state index in [-0.39, 0.29) is 29.3 Å². The topological polar surface area (TPSA) is 77.0 Å². The predicted octanol–water partition coefficient (Wildman–Crippen LogP) is 7.22. The summed E-state index contributed by atoms with van der Waals surface area (Å²) in [5, 5.41) is 14.0. The van der Waals surface area contributed by atoms with Crippen LogP contribution in [0.25, 0.3) is 0 Å². The molecule has 0 heterocycles. The van der Waals surface area contributed by atoms with Crippen LogP contribution < -0.4 is 10.1 Å². The zero-order valence-electron chi connectivity index (χ0n) is 25.9. The molecule has 41 heavy (non-hydrogen) atoms. The smallest absolute Gasteiger partial charge is 0.337 e. The van der Waals surface area contributed by atoms with Crippen molar-refractivity contribution < 1.29 is 23.8 Å². The van der Waals surface area contributed by atoms with Gasteiger partial charge in [-0.2, -0.15) is 0 Å². The second kappa shape index (κ2) is 13.8. The molecule has 0 bridgehead atoms. The lowest BCUT2D eigenvalue weighted by Crippen LogP contribution is -2.47. The number of hydrogen-bond donors (Lipinski definition) is 2. The van der Waals surface area contributed by atoms with Crippen molar-refractivity contribution in [1.82, 2.24) is 5.32 Å². The number of carbonyl (C=O) groups is 1. The van der Waals surface area contributed by atoms with E-state index in [0.29, 0.717) is 24.5 Å². The molecule has 3 aromatic rings. The zero-order chi connectivity index (χ0) is 30.3. The van der Waals surface area contributed by atoms with Crippen molar-refractivity contribution in [2.45, 2.75) is 84.0 Å². The number of hydrogen-bond acceptors (Lipinski definition) is 6. The van der Waals surface area contributed by atoms with E-state index in [9.17, 15) is 9.90 Å². The Bertz CT molecular complexity index is 1280. The molecule has 222 valence electrons. The molecule has 3 rings (SSSR count). The SMILES string of the molecule is COC(=O)c1cccc(CC(C)(C)NC[C@@H](O[Si](C)(C)C(C)(C)C)c2ccc(OCc3ccccc3)c(CO)c2)c1. The van der Waals surface area contributed by atoms with Crippen molar-refractivity contribution in [2.75, 3.05) is 13.7 Å². The number of esters is 1. The number of rotatable bonds is 13. The highest BCUT2D eigenvalue weighted by atomic mass is 28.4. The molecule has 0 saturated carbocycles. The normalized spacial score (nSPS) is 13.1. The van der Waals surface area contributed by atoms with Crippen LogP contribution in [0.4, 0.5) is 0 Å². The molecule has 3 aromatic carbocycles. The Kier molecular flexibility index (Phi) is 10.9. The Morgan fingerprint density at radius 3 is 2.24 bits per heavy atom. The largest absolute Gasteiger partial charge is 0.489 e. The fourth-order valence-electron chi connectivity index (χ4n) is 4.43. The van der Waals surface area contributed by atoms with Crippen molar-refractivity contribution in [3.05, 3.63) is 101 Å². The lowest BCUT2D eigenvalue weighted by atomic mass is 9.93. The summed E-state index contributed by atoms with van der Waals surface area (Å²) in [6.45, 7) is 16.4. The molecule has 0 aromatic heterocycles. The standard InChI is InChI=1S/C34H47NO5Si/c1-33(2,3)41(7,8)40-31(22-35-34(4,5)21-26-15-12-16-28(19-26)32(37)38-6)27-17-18-30(29(20-27)23-36)39-24-25-13-10-9-11-14-25/h9-20,31,35-36H,21-24H2,1-8H3/t31-/m1/s1. The molecule has 0 spiro atoms. The van der Waals surface area contributed by atoms with Crippen molar-refractivity contribution in [3.8, 4) is 5.75 Å². The number of nitrogens with one attached hydrogen (secondary N) is 1.